The monoisotopic (exact) mass is 718 g/mol. The highest BCUT2D eigenvalue weighted by molar-refractivity contribution is 6.19. The van der Waals surface area contributed by atoms with Gasteiger partial charge in [-0.15, -0.1) is 0 Å². The van der Waals surface area contributed by atoms with Gasteiger partial charge in [-0.1, -0.05) is 129 Å². The smallest absolute Gasteiger partial charge is 0.145 e. The van der Waals surface area contributed by atoms with Crippen LogP contribution < -0.4 is 4.90 Å². The van der Waals surface area contributed by atoms with E-state index >= 15 is 0 Å². The van der Waals surface area contributed by atoms with Crippen LogP contribution in [-0.4, -0.2) is 4.57 Å². The number of para-hydroxylation sites is 2. The Hall–Kier alpha value is -6.84. The molecule has 0 bridgehead atoms. The van der Waals surface area contributed by atoms with E-state index < -0.39 is 0 Å². The normalized spacial score (nSPS) is 14.2. The lowest BCUT2D eigenvalue weighted by Crippen LogP contribution is -2.17. The van der Waals surface area contributed by atoms with Crippen molar-refractivity contribution in [1.29, 1.82) is 0 Å². The molecule has 0 unspecified atom stereocenters. The molecule has 0 aliphatic heterocycles. The van der Waals surface area contributed by atoms with Crippen molar-refractivity contribution in [1.82, 2.24) is 4.57 Å². The molecule has 56 heavy (non-hydrogen) atoms. The third-order valence-electron chi connectivity index (χ3n) is 12.6. The Kier molecular flexibility index (Phi) is 6.52. The molecular formula is C53H38N2O. The molecule has 266 valence electrons. The van der Waals surface area contributed by atoms with Crippen molar-refractivity contribution in [3.63, 3.8) is 0 Å². The zero-order valence-corrected chi connectivity index (χ0v) is 31.4. The topological polar surface area (TPSA) is 21.3 Å². The summed E-state index contributed by atoms with van der Waals surface area (Å²) in [5.41, 5.74) is 16.4. The van der Waals surface area contributed by atoms with Gasteiger partial charge < -0.3 is 13.9 Å². The summed E-state index contributed by atoms with van der Waals surface area (Å²) < 4.78 is 9.44. The van der Waals surface area contributed by atoms with E-state index in [1.807, 2.05) is 0 Å². The van der Waals surface area contributed by atoms with Gasteiger partial charge in [0.1, 0.15) is 11.2 Å². The third-order valence-corrected chi connectivity index (χ3v) is 12.6. The number of aryl methyl sites for hydroxylation is 1. The minimum Gasteiger partial charge on any atom is -0.455 e. The molecular weight excluding hydrogens is 681 g/mol. The summed E-state index contributed by atoms with van der Waals surface area (Å²) in [4.78, 5) is 2.48. The highest BCUT2D eigenvalue weighted by Crippen LogP contribution is 2.56. The number of nitrogens with zero attached hydrogens (tertiary/aromatic N) is 2. The fraction of sp³-hybridized carbons (Fsp3) is 0.0943. The Morgan fingerprint density at radius 1 is 0.607 bits per heavy atom. The molecule has 12 rings (SSSR count). The second kappa shape index (κ2) is 11.6. The van der Waals surface area contributed by atoms with E-state index in [4.69, 9.17) is 4.42 Å². The van der Waals surface area contributed by atoms with Crippen molar-refractivity contribution in [3.8, 4) is 16.8 Å². The predicted octanol–water partition coefficient (Wildman–Crippen LogP) is 14.6. The average molecular weight is 719 g/mol. The van der Waals surface area contributed by atoms with Crippen molar-refractivity contribution >= 4 is 77.7 Å². The summed E-state index contributed by atoms with van der Waals surface area (Å²) in [7, 11) is 0. The summed E-state index contributed by atoms with van der Waals surface area (Å²) in [6.45, 7) is 4.71. The predicted molar refractivity (Wildman–Crippen MR) is 235 cm³/mol. The third kappa shape index (κ3) is 4.34. The van der Waals surface area contributed by atoms with E-state index in [0.717, 1.165) is 51.8 Å². The van der Waals surface area contributed by atoms with Gasteiger partial charge in [-0.05, 0) is 100 Å². The van der Waals surface area contributed by atoms with Gasteiger partial charge in [-0.2, -0.15) is 0 Å². The molecule has 3 nitrogen and oxygen atoms in total. The van der Waals surface area contributed by atoms with Crippen molar-refractivity contribution in [2.45, 2.75) is 32.1 Å². The number of fused-ring (bicyclic) bond motifs is 12. The number of benzene rings is 8. The Labute approximate surface area is 325 Å². The molecule has 0 radical (unpaired) electrons. The lowest BCUT2D eigenvalue weighted by atomic mass is 9.82. The molecule has 8 aromatic carbocycles. The quantitative estimate of drug-likeness (QED) is 0.181. The van der Waals surface area contributed by atoms with Crippen LogP contribution in [-0.2, 0) is 11.8 Å². The summed E-state index contributed by atoms with van der Waals surface area (Å²) in [6, 6.07) is 58.1. The molecule has 2 aliphatic rings. The number of rotatable bonds is 4. The highest BCUT2D eigenvalue weighted by atomic mass is 16.3. The summed E-state index contributed by atoms with van der Waals surface area (Å²) >= 11 is 0. The molecule has 2 aromatic heterocycles. The SMILES string of the molecule is CC1(C)c2ccccc2-c2c1cc(N(c1ccc3ccccc3c1)c1ccc3c(c1)c1ccccc1n3-c1cccc3c1C=CCC3)c1c2oc2ccccc21. The first-order valence-corrected chi connectivity index (χ1v) is 19.7. The fourth-order valence-corrected chi connectivity index (χ4v) is 9.95. The second-order valence-electron chi connectivity index (χ2n) is 16.0. The molecule has 0 saturated heterocycles. The van der Waals surface area contributed by atoms with Crippen LogP contribution in [0.1, 0.15) is 42.5 Å². The first-order chi connectivity index (χ1) is 27.5. The summed E-state index contributed by atoms with van der Waals surface area (Å²) in [6.07, 6.45) is 6.79. The van der Waals surface area contributed by atoms with Crippen LogP contribution >= 0.6 is 0 Å². The largest absolute Gasteiger partial charge is 0.455 e. The molecule has 0 saturated carbocycles. The van der Waals surface area contributed by atoms with E-state index in [1.165, 1.54) is 71.6 Å². The van der Waals surface area contributed by atoms with E-state index in [-0.39, 0.29) is 5.41 Å². The maximum absolute atomic E-state index is 6.97. The van der Waals surface area contributed by atoms with Crippen LogP contribution in [0.2, 0.25) is 0 Å². The zero-order valence-electron chi connectivity index (χ0n) is 31.4. The number of hydrogen-bond acceptors (Lipinski definition) is 2. The van der Waals surface area contributed by atoms with E-state index in [2.05, 4.69) is 193 Å². The van der Waals surface area contributed by atoms with Gasteiger partial charge in [0.15, 0.2) is 0 Å². The van der Waals surface area contributed by atoms with Gasteiger partial charge in [-0.25, -0.2) is 0 Å². The maximum Gasteiger partial charge on any atom is 0.145 e. The van der Waals surface area contributed by atoms with Crippen LogP contribution in [0.4, 0.5) is 17.1 Å². The standard InChI is InChI=1S/C53H38N2O/c1-53(2)43-22-10-7-20-40(43)50-44(53)32-48(51-41-21-9-12-25-49(41)56-52(50)51)54(36-27-26-33-14-3-4-16-35(33)30-36)37-28-29-47-42(31-37)39-19-8-11-23-46(39)55(47)45-24-13-17-34-15-5-6-18-38(34)45/h3-4,6-14,16-32H,5,15H2,1-2H3. The van der Waals surface area contributed by atoms with E-state index in [1.54, 1.807) is 0 Å². The Morgan fingerprint density at radius 3 is 2.29 bits per heavy atom. The molecule has 0 N–H and O–H groups in total. The zero-order chi connectivity index (χ0) is 37.1. The van der Waals surface area contributed by atoms with Crippen LogP contribution in [0.3, 0.4) is 0 Å². The Morgan fingerprint density at radius 2 is 1.36 bits per heavy atom. The lowest BCUT2D eigenvalue weighted by molar-refractivity contribution is 0.653. The van der Waals surface area contributed by atoms with Crippen molar-refractivity contribution in [2.24, 2.45) is 0 Å². The second-order valence-corrected chi connectivity index (χ2v) is 16.0. The number of furan rings is 1. The van der Waals surface area contributed by atoms with Crippen LogP contribution in [0, 0.1) is 0 Å². The molecule has 10 aromatic rings. The number of allylic oxidation sites excluding steroid dienone is 1. The molecule has 2 aliphatic carbocycles. The minimum atomic E-state index is -0.219. The van der Waals surface area contributed by atoms with Gasteiger partial charge >= 0.3 is 0 Å². The van der Waals surface area contributed by atoms with Crippen molar-refractivity contribution in [3.05, 3.63) is 186 Å². The van der Waals surface area contributed by atoms with Crippen LogP contribution in [0.5, 0.6) is 0 Å². The number of anilines is 3. The molecule has 0 fully saturated rings. The molecule has 0 atom stereocenters. The van der Waals surface area contributed by atoms with Gasteiger partial charge in [0, 0.05) is 44.1 Å². The molecule has 3 heteroatoms. The van der Waals surface area contributed by atoms with Gasteiger partial charge in [0.25, 0.3) is 0 Å². The minimum absolute atomic E-state index is 0.219. The van der Waals surface area contributed by atoms with Gasteiger partial charge in [-0.3, -0.25) is 0 Å². The summed E-state index contributed by atoms with van der Waals surface area (Å²) in [5, 5.41) is 7.14. The van der Waals surface area contributed by atoms with Crippen LogP contribution in [0.15, 0.2) is 168 Å². The van der Waals surface area contributed by atoms with Crippen molar-refractivity contribution in [2.75, 3.05) is 4.90 Å². The lowest BCUT2D eigenvalue weighted by Gasteiger charge is -2.29. The average Bonchev–Trinajstić information content (AvgIpc) is 3.86. The van der Waals surface area contributed by atoms with Gasteiger partial charge in [0.2, 0.25) is 0 Å². The van der Waals surface area contributed by atoms with E-state index in [9.17, 15) is 0 Å². The molecule has 2 heterocycles. The molecule has 0 spiro atoms. The number of aromatic nitrogens is 1. The first kappa shape index (κ1) is 31.5. The van der Waals surface area contributed by atoms with Crippen molar-refractivity contribution < 1.29 is 4.42 Å². The Bertz CT molecular complexity index is 3300. The van der Waals surface area contributed by atoms with E-state index in [0.29, 0.717) is 0 Å². The van der Waals surface area contributed by atoms with Crippen LogP contribution in [0.25, 0.3) is 77.4 Å². The molecule has 0 amide bonds. The highest BCUT2D eigenvalue weighted by Gasteiger charge is 2.39. The number of hydrogen-bond donors (Lipinski definition) is 0. The van der Waals surface area contributed by atoms with Gasteiger partial charge in [0.05, 0.1) is 27.8 Å². The Balaban J connectivity index is 1.18. The first-order valence-electron chi connectivity index (χ1n) is 19.7. The fourth-order valence-electron chi connectivity index (χ4n) is 9.95. The maximum atomic E-state index is 6.97. The summed E-state index contributed by atoms with van der Waals surface area (Å²) in [5.74, 6) is 0.